The summed E-state index contributed by atoms with van der Waals surface area (Å²) in [5, 5.41) is 10.6. The van der Waals surface area contributed by atoms with Gasteiger partial charge >= 0.3 is 12.0 Å². The summed E-state index contributed by atoms with van der Waals surface area (Å²) in [6.07, 6.45) is 1.76. The maximum Gasteiger partial charge on any atom is 0.315 e. The molecule has 1 aliphatic carbocycles. The number of hydrogen-bond donors (Lipinski definition) is 4. The van der Waals surface area contributed by atoms with Crippen molar-refractivity contribution >= 4 is 58.7 Å². The molecule has 1 saturated carbocycles. The molecule has 4 N–H and O–H groups in total. The number of nitrogens with zero attached hydrogens (tertiary/aromatic N) is 1. The second kappa shape index (κ2) is 14.3. The molecule has 1 aliphatic heterocycles. The van der Waals surface area contributed by atoms with E-state index in [-0.39, 0.29) is 25.9 Å². The van der Waals surface area contributed by atoms with E-state index in [4.69, 9.17) is 27.9 Å². The standard InChI is InChI=1S/C31H49Cl2N5O7/c1-11-12-13-18(22(40)25(42)34-15-14-19(39)45-30(8,9)10)35-24(41)21-20-17(31(20,32)33)16-38(21)26(43)23(28(2,3)4)36-27(44)37-29(5,6)7/h11,17-18,20-21,23H,1,12-16H2,2-10H3,(H,34,42)(H,35,41)(H2,36,37,44)/t17-,18?,20-,21-,23+/m0/s1. The molecular formula is C31H49Cl2N5O7. The molecule has 0 bridgehead atoms. The van der Waals surface area contributed by atoms with Crippen molar-refractivity contribution in [3.05, 3.63) is 12.7 Å². The summed E-state index contributed by atoms with van der Waals surface area (Å²) in [4.78, 5) is 79.7. The number of likely N-dealkylation sites (tertiary alicyclic amines) is 1. The molecule has 1 saturated heterocycles. The molecule has 0 aromatic rings. The number of hydrogen-bond acceptors (Lipinski definition) is 7. The second-order valence-electron chi connectivity index (χ2n) is 14.8. The molecule has 254 valence electrons. The van der Waals surface area contributed by atoms with Gasteiger partial charge in [-0.05, 0) is 59.8 Å². The fourth-order valence-corrected chi connectivity index (χ4v) is 6.01. The number of nitrogens with one attached hydrogen (secondary N) is 4. The van der Waals surface area contributed by atoms with Crippen LogP contribution in [0.5, 0.6) is 0 Å². The summed E-state index contributed by atoms with van der Waals surface area (Å²) < 4.78 is 3.95. The first-order valence-electron chi connectivity index (χ1n) is 15.1. The number of piperidine rings is 1. The number of carbonyl (C=O) groups excluding carboxylic acids is 6. The molecule has 45 heavy (non-hydrogen) atoms. The van der Waals surface area contributed by atoms with Crippen molar-refractivity contribution in [3.63, 3.8) is 0 Å². The zero-order valence-corrected chi connectivity index (χ0v) is 29.3. The Morgan fingerprint density at radius 3 is 2.11 bits per heavy atom. The average Bonchev–Trinajstić information content (AvgIpc) is 3.19. The maximum absolute atomic E-state index is 14.0. The minimum Gasteiger partial charge on any atom is -0.460 e. The summed E-state index contributed by atoms with van der Waals surface area (Å²) in [5.74, 6) is -4.67. The third kappa shape index (κ3) is 10.6. The van der Waals surface area contributed by atoms with E-state index in [1.165, 1.54) is 4.90 Å². The van der Waals surface area contributed by atoms with Crippen molar-refractivity contribution < 1.29 is 33.5 Å². The first kappa shape index (κ1) is 38.3. The lowest BCUT2D eigenvalue weighted by Gasteiger charge is -2.38. The highest BCUT2D eigenvalue weighted by Crippen LogP contribution is 2.65. The highest BCUT2D eigenvalue weighted by Gasteiger charge is 2.74. The van der Waals surface area contributed by atoms with Crippen molar-refractivity contribution in [2.45, 2.75) is 115 Å². The van der Waals surface area contributed by atoms with Gasteiger partial charge in [0.05, 0.1) is 12.5 Å². The maximum atomic E-state index is 14.0. The SMILES string of the molecule is C=CCCC(NC(=O)[C@@H]1[C@@H]2[C@H](CN1C(=O)[C@@H](NC(=O)NC(C)(C)C)C(C)(C)C)C2(Cl)Cl)C(=O)C(=O)NCCC(=O)OC(C)(C)C. The number of ketones is 1. The highest BCUT2D eigenvalue weighted by atomic mass is 35.5. The molecular weight excluding hydrogens is 625 g/mol. The van der Waals surface area contributed by atoms with Crippen LogP contribution in [0.15, 0.2) is 12.7 Å². The number of rotatable bonds is 12. The number of halogens is 2. The van der Waals surface area contributed by atoms with Crippen LogP contribution < -0.4 is 21.3 Å². The van der Waals surface area contributed by atoms with E-state index in [2.05, 4.69) is 27.8 Å². The Morgan fingerprint density at radius 1 is 1.00 bits per heavy atom. The number of urea groups is 1. The number of amides is 5. The number of allylic oxidation sites excluding steroid dienone is 1. The topological polar surface area (TPSA) is 163 Å². The molecule has 0 aromatic carbocycles. The number of esters is 1. The lowest BCUT2D eigenvalue weighted by molar-refractivity contribution is -0.154. The van der Waals surface area contributed by atoms with Crippen LogP contribution in [0.3, 0.4) is 0 Å². The normalized spacial score (nSPS) is 21.8. The van der Waals surface area contributed by atoms with Gasteiger partial charge in [-0.25, -0.2) is 4.79 Å². The lowest BCUT2D eigenvalue weighted by Crippen LogP contribution is -2.62. The minimum atomic E-state index is -1.26. The van der Waals surface area contributed by atoms with Crippen LogP contribution in [-0.2, 0) is 28.7 Å². The van der Waals surface area contributed by atoms with E-state index in [0.717, 1.165) is 0 Å². The smallest absolute Gasteiger partial charge is 0.315 e. The van der Waals surface area contributed by atoms with Gasteiger partial charge in [-0.2, -0.15) is 0 Å². The van der Waals surface area contributed by atoms with E-state index in [9.17, 15) is 28.8 Å². The summed E-state index contributed by atoms with van der Waals surface area (Å²) in [6, 6.07) is -3.95. The van der Waals surface area contributed by atoms with Crippen LogP contribution in [0, 0.1) is 17.3 Å². The highest BCUT2D eigenvalue weighted by molar-refractivity contribution is 6.51. The van der Waals surface area contributed by atoms with Crippen molar-refractivity contribution in [2.75, 3.05) is 13.1 Å². The van der Waals surface area contributed by atoms with E-state index < -0.39 is 86.4 Å². The molecule has 2 aliphatic rings. The Morgan fingerprint density at radius 2 is 1.60 bits per heavy atom. The lowest BCUT2D eigenvalue weighted by atomic mass is 9.85. The number of Topliss-reactive ketones (excluding diaryl/α,β-unsaturated/α-hetero) is 1. The van der Waals surface area contributed by atoms with Gasteiger partial charge < -0.3 is 30.9 Å². The summed E-state index contributed by atoms with van der Waals surface area (Å²) in [6.45, 7) is 19.5. The first-order valence-corrected chi connectivity index (χ1v) is 15.9. The van der Waals surface area contributed by atoms with E-state index in [0.29, 0.717) is 6.42 Å². The van der Waals surface area contributed by atoms with Crippen LogP contribution in [0.4, 0.5) is 4.79 Å². The third-order valence-corrected chi connectivity index (χ3v) is 8.38. The molecule has 0 radical (unpaired) electrons. The van der Waals surface area contributed by atoms with Gasteiger partial charge in [-0.1, -0.05) is 26.8 Å². The molecule has 2 fully saturated rings. The zero-order valence-electron chi connectivity index (χ0n) is 27.8. The average molecular weight is 675 g/mol. The Hall–Kier alpha value is -2.86. The third-order valence-electron chi connectivity index (χ3n) is 7.31. The predicted molar refractivity (Wildman–Crippen MR) is 171 cm³/mol. The minimum absolute atomic E-state index is 0.0638. The molecule has 0 aromatic heterocycles. The molecule has 12 nitrogen and oxygen atoms in total. The quantitative estimate of drug-likeness (QED) is 0.107. The molecule has 2 rings (SSSR count). The van der Waals surface area contributed by atoms with Crippen LogP contribution in [0.25, 0.3) is 0 Å². The Bertz CT molecular complexity index is 1190. The monoisotopic (exact) mass is 673 g/mol. The van der Waals surface area contributed by atoms with Crippen molar-refractivity contribution in [1.29, 1.82) is 0 Å². The molecule has 5 amide bonds. The Balaban J connectivity index is 2.23. The molecule has 0 spiro atoms. The molecule has 1 heterocycles. The van der Waals surface area contributed by atoms with Gasteiger partial charge in [0.25, 0.3) is 5.91 Å². The van der Waals surface area contributed by atoms with Gasteiger partial charge in [0.15, 0.2) is 0 Å². The van der Waals surface area contributed by atoms with E-state index >= 15 is 0 Å². The van der Waals surface area contributed by atoms with Gasteiger partial charge in [0, 0.05) is 30.5 Å². The Labute approximate surface area is 276 Å². The molecule has 14 heteroatoms. The van der Waals surface area contributed by atoms with Crippen molar-refractivity contribution in [2.24, 2.45) is 17.3 Å². The van der Waals surface area contributed by atoms with Crippen LogP contribution >= 0.6 is 23.2 Å². The summed E-state index contributed by atoms with van der Waals surface area (Å²) in [5.41, 5.74) is -1.99. The van der Waals surface area contributed by atoms with Crippen molar-refractivity contribution in [1.82, 2.24) is 26.2 Å². The van der Waals surface area contributed by atoms with Gasteiger partial charge in [-0.15, -0.1) is 29.8 Å². The summed E-state index contributed by atoms with van der Waals surface area (Å²) >= 11 is 13.0. The number of alkyl halides is 2. The van der Waals surface area contributed by atoms with Crippen LogP contribution in [-0.4, -0.2) is 87.1 Å². The van der Waals surface area contributed by atoms with E-state index in [1.54, 1.807) is 68.4 Å². The van der Waals surface area contributed by atoms with Crippen LogP contribution in [0.2, 0.25) is 0 Å². The predicted octanol–water partition coefficient (Wildman–Crippen LogP) is 3.00. The molecule has 1 unspecified atom stereocenters. The number of carbonyl (C=O) groups is 6. The Kier molecular flexibility index (Phi) is 12.2. The van der Waals surface area contributed by atoms with Gasteiger partial charge in [0.1, 0.15) is 22.0 Å². The second-order valence-corrected chi connectivity index (χ2v) is 16.2. The van der Waals surface area contributed by atoms with Gasteiger partial charge in [0.2, 0.25) is 17.6 Å². The number of ether oxygens (including phenoxy) is 1. The van der Waals surface area contributed by atoms with E-state index in [1.807, 2.05) is 0 Å². The molecule has 5 atom stereocenters. The fraction of sp³-hybridized carbons (Fsp3) is 0.742. The zero-order chi connectivity index (χ0) is 34.7. The van der Waals surface area contributed by atoms with Crippen molar-refractivity contribution in [3.8, 4) is 0 Å². The van der Waals surface area contributed by atoms with Crippen LogP contribution in [0.1, 0.15) is 81.6 Å². The van der Waals surface area contributed by atoms with Gasteiger partial charge in [-0.3, -0.25) is 24.0 Å². The fourth-order valence-electron chi connectivity index (χ4n) is 5.18. The number of fused-ring (bicyclic) bond motifs is 1. The summed E-state index contributed by atoms with van der Waals surface area (Å²) in [7, 11) is 0. The first-order chi connectivity index (χ1) is 20.4. The largest absolute Gasteiger partial charge is 0.460 e.